The fourth-order valence-corrected chi connectivity index (χ4v) is 4.24. The first-order valence-electron chi connectivity index (χ1n) is 10.9. The van der Waals surface area contributed by atoms with Crippen molar-refractivity contribution in [2.45, 2.75) is 18.9 Å². The summed E-state index contributed by atoms with van der Waals surface area (Å²) in [5.41, 5.74) is 8.69. The first kappa shape index (κ1) is 20.7. The van der Waals surface area contributed by atoms with Gasteiger partial charge in [-0.15, -0.1) is 0 Å². The number of aromatic nitrogens is 4. The van der Waals surface area contributed by atoms with E-state index in [-0.39, 0.29) is 6.04 Å². The summed E-state index contributed by atoms with van der Waals surface area (Å²) in [7, 11) is 0. The fraction of sp³-hybridized carbons (Fsp3) is 0.200. The van der Waals surface area contributed by atoms with E-state index in [2.05, 4.69) is 16.5 Å². The maximum Gasteiger partial charge on any atom is 0.164 e. The number of amidine groups is 1. The molecular formula is C25H25N7O. The highest BCUT2D eigenvalue weighted by atomic mass is 16.5. The van der Waals surface area contributed by atoms with Crippen LogP contribution in [0, 0.1) is 5.41 Å². The lowest BCUT2D eigenvalue weighted by molar-refractivity contribution is 0.258. The molecule has 0 aliphatic carbocycles. The zero-order valence-corrected chi connectivity index (χ0v) is 18.2. The van der Waals surface area contributed by atoms with Crippen LogP contribution in [0.15, 0.2) is 73.6 Å². The average molecular weight is 440 g/mol. The summed E-state index contributed by atoms with van der Waals surface area (Å²) >= 11 is 0. The Kier molecular flexibility index (Phi) is 5.48. The molecule has 4 aromatic rings. The highest BCUT2D eigenvalue weighted by Crippen LogP contribution is 2.35. The number of hydrogen-bond acceptors (Lipinski definition) is 6. The topological polar surface area (TPSA) is 106 Å². The Morgan fingerprint density at radius 1 is 1.03 bits per heavy atom. The molecule has 2 aromatic carbocycles. The lowest BCUT2D eigenvalue weighted by Crippen LogP contribution is -2.38. The van der Waals surface area contributed by atoms with Crippen LogP contribution in [0.2, 0.25) is 0 Å². The summed E-state index contributed by atoms with van der Waals surface area (Å²) < 4.78 is 7.89. The molecule has 8 heteroatoms. The molecule has 1 fully saturated rings. The smallest absolute Gasteiger partial charge is 0.164 e. The second-order valence-electron chi connectivity index (χ2n) is 8.00. The van der Waals surface area contributed by atoms with E-state index in [1.54, 1.807) is 6.08 Å². The predicted octanol–water partition coefficient (Wildman–Crippen LogP) is 4.67. The van der Waals surface area contributed by atoms with Crippen molar-refractivity contribution in [1.82, 2.24) is 24.6 Å². The lowest BCUT2D eigenvalue weighted by Gasteiger charge is -2.32. The predicted molar refractivity (Wildman–Crippen MR) is 129 cm³/mol. The average Bonchev–Trinajstić information content (AvgIpc) is 3.26. The summed E-state index contributed by atoms with van der Waals surface area (Å²) in [5.74, 6) is 2.41. The van der Waals surface area contributed by atoms with E-state index in [4.69, 9.17) is 21.0 Å². The molecule has 0 amide bonds. The molecule has 8 nitrogen and oxygen atoms in total. The van der Waals surface area contributed by atoms with Crippen molar-refractivity contribution in [3.8, 4) is 22.8 Å². The molecule has 1 aliphatic rings. The van der Waals surface area contributed by atoms with Crippen molar-refractivity contribution in [1.29, 1.82) is 5.41 Å². The molecule has 0 unspecified atom stereocenters. The summed E-state index contributed by atoms with van der Waals surface area (Å²) in [6.07, 6.45) is 4.79. The van der Waals surface area contributed by atoms with Crippen LogP contribution in [0.5, 0.6) is 11.5 Å². The molecule has 0 atom stereocenters. The maximum atomic E-state index is 8.00. The van der Waals surface area contributed by atoms with Gasteiger partial charge in [-0.2, -0.15) is 5.10 Å². The van der Waals surface area contributed by atoms with Gasteiger partial charge in [0.05, 0.1) is 11.4 Å². The summed E-state index contributed by atoms with van der Waals surface area (Å²) in [6, 6.07) is 17.6. The minimum absolute atomic E-state index is 0.171. The Bertz CT molecular complexity index is 1290. The second kappa shape index (κ2) is 8.74. The number of hydrogen-bond donors (Lipinski definition) is 2. The van der Waals surface area contributed by atoms with Crippen molar-refractivity contribution >= 4 is 22.7 Å². The largest absolute Gasteiger partial charge is 0.457 e. The number of likely N-dealkylation sites (tertiary alicyclic amines) is 1. The third kappa shape index (κ3) is 4.03. The molecule has 0 bridgehead atoms. The number of para-hydroxylation sites is 1. The highest BCUT2D eigenvalue weighted by Gasteiger charge is 2.26. The van der Waals surface area contributed by atoms with Crippen LogP contribution in [0.3, 0.4) is 0 Å². The molecule has 0 spiro atoms. The number of fused-ring (bicyclic) bond motifs is 1. The number of nitrogens with two attached hydrogens (primary N) is 1. The summed E-state index contributed by atoms with van der Waals surface area (Å²) in [6.45, 7) is 5.26. The minimum Gasteiger partial charge on any atom is -0.457 e. The number of rotatable bonds is 5. The van der Waals surface area contributed by atoms with Gasteiger partial charge in [0.15, 0.2) is 5.65 Å². The van der Waals surface area contributed by atoms with Gasteiger partial charge in [-0.05, 0) is 55.3 Å². The van der Waals surface area contributed by atoms with Gasteiger partial charge in [-0.25, -0.2) is 14.6 Å². The van der Waals surface area contributed by atoms with Gasteiger partial charge in [0.2, 0.25) is 0 Å². The van der Waals surface area contributed by atoms with Gasteiger partial charge in [0.1, 0.15) is 35.2 Å². The van der Waals surface area contributed by atoms with Crippen LogP contribution in [0.1, 0.15) is 18.9 Å². The number of benzene rings is 2. The molecule has 3 heterocycles. The Morgan fingerprint density at radius 3 is 2.42 bits per heavy atom. The van der Waals surface area contributed by atoms with Crippen molar-refractivity contribution in [3.05, 3.63) is 73.6 Å². The highest BCUT2D eigenvalue weighted by molar-refractivity contribution is 5.98. The Hall–Kier alpha value is -4.20. The Morgan fingerprint density at radius 2 is 1.73 bits per heavy atom. The first-order chi connectivity index (χ1) is 16.1. The SMILES string of the molecule is C=CC(=N)N1CCC(n2nc(-c3ccc(Oc4ccccc4)cc3)c3c(N)ncnc32)CC1. The van der Waals surface area contributed by atoms with Gasteiger partial charge in [-0.3, -0.25) is 5.41 Å². The number of ether oxygens (including phenoxy) is 1. The van der Waals surface area contributed by atoms with Crippen LogP contribution >= 0.6 is 0 Å². The third-order valence-corrected chi connectivity index (χ3v) is 5.97. The van der Waals surface area contributed by atoms with Crippen LogP contribution in [0.25, 0.3) is 22.3 Å². The molecule has 1 saturated heterocycles. The first-order valence-corrected chi connectivity index (χ1v) is 10.9. The van der Waals surface area contributed by atoms with Crippen LogP contribution in [-0.4, -0.2) is 43.6 Å². The van der Waals surface area contributed by atoms with Gasteiger partial charge >= 0.3 is 0 Å². The molecular weight excluding hydrogens is 414 g/mol. The minimum atomic E-state index is 0.171. The van der Waals surface area contributed by atoms with E-state index in [0.29, 0.717) is 11.7 Å². The van der Waals surface area contributed by atoms with Crippen molar-refractivity contribution in [3.63, 3.8) is 0 Å². The summed E-state index contributed by atoms with van der Waals surface area (Å²) in [4.78, 5) is 10.8. The molecule has 0 saturated carbocycles. The summed E-state index contributed by atoms with van der Waals surface area (Å²) in [5, 5.41) is 13.7. The molecule has 2 aromatic heterocycles. The number of nitrogen functional groups attached to an aromatic ring is 1. The maximum absolute atomic E-state index is 8.00. The van der Waals surface area contributed by atoms with E-state index >= 15 is 0 Å². The van der Waals surface area contributed by atoms with Gasteiger partial charge in [0.25, 0.3) is 0 Å². The Labute approximate surface area is 191 Å². The molecule has 0 radical (unpaired) electrons. The van der Waals surface area contributed by atoms with Crippen LogP contribution in [0.4, 0.5) is 5.82 Å². The Balaban J connectivity index is 1.46. The normalized spacial score (nSPS) is 14.4. The van der Waals surface area contributed by atoms with E-state index in [9.17, 15) is 0 Å². The molecule has 5 rings (SSSR count). The van der Waals surface area contributed by atoms with E-state index < -0.39 is 0 Å². The molecule has 1 aliphatic heterocycles. The van der Waals surface area contributed by atoms with Crippen molar-refractivity contribution in [2.24, 2.45) is 0 Å². The van der Waals surface area contributed by atoms with E-state index in [0.717, 1.165) is 59.7 Å². The number of nitrogens with one attached hydrogen (secondary N) is 1. The fourth-order valence-electron chi connectivity index (χ4n) is 4.24. The molecule has 166 valence electrons. The van der Waals surface area contributed by atoms with Crippen molar-refractivity contribution in [2.75, 3.05) is 18.8 Å². The monoisotopic (exact) mass is 439 g/mol. The van der Waals surface area contributed by atoms with Crippen molar-refractivity contribution < 1.29 is 4.74 Å². The number of piperidine rings is 1. The molecule has 3 N–H and O–H groups in total. The standard InChI is InChI=1S/C25H25N7O/c1-2-21(26)31-14-12-18(13-15-31)32-25-22(24(27)28-16-29-25)23(30-32)17-8-10-20(11-9-17)33-19-6-4-3-5-7-19/h2-11,16,18,26H,1,12-15H2,(H2,27,28,29). The van der Waals surface area contributed by atoms with E-state index in [1.807, 2.05) is 64.2 Å². The zero-order valence-electron chi connectivity index (χ0n) is 18.2. The lowest BCUT2D eigenvalue weighted by atomic mass is 10.1. The number of nitrogens with zero attached hydrogens (tertiary/aromatic N) is 5. The number of anilines is 1. The van der Waals surface area contributed by atoms with Gasteiger partial charge < -0.3 is 15.4 Å². The zero-order chi connectivity index (χ0) is 22.8. The second-order valence-corrected chi connectivity index (χ2v) is 8.00. The van der Waals surface area contributed by atoms with Gasteiger partial charge in [-0.1, -0.05) is 24.8 Å². The molecule has 33 heavy (non-hydrogen) atoms. The van der Waals surface area contributed by atoms with E-state index in [1.165, 1.54) is 6.33 Å². The quantitative estimate of drug-likeness (QED) is 0.346. The van der Waals surface area contributed by atoms with Gasteiger partial charge in [0, 0.05) is 18.7 Å². The third-order valence-electron chi connectivity index (χ3n) is 5.97. The van der Waals surface area contributed by atoms with Crippen LogP contribution in [-0.2, 0) is 0 Å². The van der Waals surface area contributed by atoms with Crippen LogP contribution < -0.4 is 10.5 Å².